The molecule has 2 aromatic rings. The number of halogens is 2. The summed E-state index contributed by atoms with van der Waals surface area (Å²) in [6.45, 7) is 3.79. The van der Waals surface area contributed by atoms with Crippen LogP contribution in [0, 0.1) is 18.3 Å². The van der Waals surface area contributed by atoms with Crippen LogP contribution < -0.4 is 5.56 Å². The number of hydrogen-bond donors (Lipinski definition) is 1. The van der Waals surface area contributed by atoms with Crippen molar-refractivity contribution in [3.63, 3.8) is 0 Å². The number of benzene rings is 1. The molecule has 1 aromatic carbocycles. The van der Waals surface area contributed by atoms with Crippen LogP contribution in [0.1, 0.15) is 30.9 Å². The molecule has 0 aliphatic rings. The minimum Gasteiger partial charge on any atom is -0.493 e. The molecule has 0 amide bonds. The highest BCUT2D eigenvalue weighted by atomic mass is 35.5. The Morgan fingerprint density at radius 3 is 2.68 bits per heavy atom. The molecular formula is C17H16Cl2N4O2. The van der Waals surface area contributed by atoms with E-state index in [1.807, 2.05) is 13.0 Å². The molecule has 1 N–H and O–H groups in total. The summed E-state index contributed by atoms with van der Waals surface area (Å²) in [4.78, 5) is 12.6. The lowest BCUT2D eigenvalue weighted by atomic mass is 10.1. The quantitative estimate of drug-likeness (QED) is 0.719. The molecule has 2 rings (SSSR count). The van der Waals surface area contributed by atoms with Crippen molar-refractivity contribution >= 4 is 34.6 Å². The van der Waals surface area contributed by atoms with Gasteiger partial charge in [0.1, 0.15) is 17.3 Å². The lowest BCUT2D eigenvalue weighted by molar-refractivity contribution is 0.399. The summed E-state index contributed by atoms with van der Waals surface area (Å²) in [6.07, 6.45) is 1.51. The van der Waals surface area contributed by atoms with Crippen LogP contribution in [0.5, 0.6) is 5.88 Å². The Hall–Kier alpha value is -2.36. The van der Waals surface area contributed by atoms with Crippen molar-refractivity contribution < 1.29 is 5.11 Å². The Kier molecular flexibility index (Phi) is 6.18. The largest absolute Gasteiger partial charge is 0.493 e. The van der Waals surface area contributed by atoms with Crippen LogP contribution in [0.15, 0.2) is 33.2 Å². The van der Waals surface area contributed by atoms with E-state index in [4.69, 9.17) is 23.2 Å². The molecule has 0 fully saturated rings. The molecule has 0 saturated carbocycles. The van der Waals surface area contributed by atoms with Gasteiger partial charge in [-0.3, -0.25) is 9.36 Å². The van der Waals surface area contributed by atoms with Crippen molar-refractivity contribution in [2.75, 3.05) is 0 Å². The Bertz CT molecular complexity index is 930. The summed E-state index contributed by atoms with van der Waals surface area (Å²) >= 11 is 11.9. The molecule has 0 atom stereocenters. The maximum atomic E-state index is 12.6. The SMILES string of the molecule is CCCCn1c(O)c(C#N)c(C)c(N=Nc2cc(Cl)ccc2Cl)c1=O. The van der Waals surface area contributed by atoms with Crippen molar-refractivity contribution in [2.24, 2.45) is 10.2 Å². The van der Waals surface area contributed by atoms with Gasteiger partial charge in [-0.15, -0.1) is 10.2 Å². The van der Waals surface area contributed by atoms with Crippen LogP contribution in [0.2, 0.25) is 10.0 Å². The van der Waals surface area contributed by atoms with E-state index in [1.165, 1.54) is 13.0 Å². The van der Waals surface area contributed by atoms with Crippen LogP contribution in [-0.4, -0.2) is 9.67 Å². The number of unbranched alkanes of at least 4 members (excludes halogenated alkanes) is 1. The average Bonchev–Trinajstić information content (AvgIpc) is 2.58. The van der Waals surface area contributed by atoms with E-state index in [1.54, 1.807) is 12.1 Å². The van der Waals surface area contributed by atoms with Gasteiger partial charge in [0.05, 0.1) is 5.02 Å². The van der Waals surface area contributed by atoms with Crippen molar-refractivity contribution in [3.8, 4) is 11.9 Å². The second kappa shape index (κ2) is 8.15. The van der Waals surface area contributed by atoms with E-state index in [2.05, 4.69) is 10.2 Å². The zero-order valence-electron chi connectivity index (χ0n) is 13.8. The molecule has 0 unspecified atom stereocenters. The molecule has 0 aliphatic carbocycles. The van der Waals surface area contributed by atoms with Crippen LogP contribution in [0.3, 0.4) is 0 Å². The zero-order chi connectivity index (χ0) is 18.6. The van der Waals surface area contributed by atoms with Gasteiger partial charge < -0.3 is 5.11 Å². The highest BCUT2D eigenvalue weighted by molar-refractivity contribution is 6.35. The first-order chi connectivity index (χ1) is 11.9. The highest BCUT2D eigenvalue weighted by Gasteiger charge is 2.19. The molecule has 1 heterocycles. The predicted octanol–water partition coefficient (Wildman–Crippen LogP) is 5.26. The van der Waals surface area contributed by atoms with Gasteiger partial charge in [-0.05, 0) is 31.5 Å². The number of pyridine rings is 1. The van der Waals surface area contributed by atoms with Crippen LogP contribution >= 0.6 is 23.2 Å². The minimum atomic E-state index is -0.510. The molecule has 8 heteroatoms. The maximum absolute atomic E-state index is 12.6. The molecule has 1 aromatic heterocycles. The first-order valence-electron chi connectivity index (χ1n) is 7.64. The number of hydrogen-bond acceptors (Lipinski definition) is 5. The molecule has 130 valence electrons. The van der Waals surface area contributed by atoms with E-state index in [0.29, 0.717) is 22.2 Å². The number of rotatable bonds is 5. The maximum Gasteiger partial charge on any atom is 0.281 e. The summed E-state index contributed by atoms with van der Waals surface area (Å²) in [5, 5.41) is 28.2. The van der Waals surface area contributed by atoms with Crippen molar-refractivity contribution in [2.45, 2.75) is 33.2 Å². The molecule has 0 radical (unpaired) electrons. The summed E-state index contributed by atoms with van der Waals surface area (Å²) in [5.41, 5.74) is 0.0481. The lowest BCUT2D eigenvalue weighted by Gasteiger charge is -2.12. The Morgan fingerprint density at radius 2 is 2.04 bits per heavy atom. The standard InChI is InChI=1S/C17H16Cl2N4O2/c1-3-4-7-23-16(24)12(9-20)10(2)15(17(23)25)22-21-14-8-11(18)5-6-13(14)19/h5-6,8,24H,3-4,7H2,1-2H3. The molecule has 0 bridgehead atoms. The topological polar surface area (TPSA) is 90.7 Å². The number of aromatic hydroxyl groups is 1. The van der Waals surface area contributed by atoms with Crippen molar-refractivity contribution in [1.29, 1.82) is 5.26 Å². The number of aromatic nitrogens is 1. The van der Waals surface area contributed by atoms with Crippen molar-refractivity contribution in [3.05, 3.63) is 49.7 Å². The van der Waals surface area contributed by atoms with Gasteiger partial charge >= 0.3 is 0 Å². The Morgan fingerprint density at radius 1 is 1.32 bits per heavy atom. The third-order valence-corrected chi connectivity index (χ3v) is 4.22. The molecule has 0 spiro atoms. The van der Waals surface area contributed by atoms with Gasteiger partial charge in [0.25, 0.3) is 5.56 Å². The van der Waals surface area contributed by atoms with Gasteiger partial charge in [0.2, 0.25) is 5.88 Å². The summed E-state index contributed by atoms with van der Waals surface area (Å²) in [6, 6.07) is 6.61. The zero-order valence-corrected chi connectivity index (χ0v) is 15.3. The average molecular weight is 379 g/mol. The first-order valence-corrected chi connectivity index (χ1v) is 8.39. The number of nitrogens with zero attached hydrogens (tertiary/aromatic N) is 4. The lowest BCUT2D eigenvalue weighted by Crippen LogP contribution is -2.22. The number of nitriles is 1. The van der Waals surface area contributed by atoms with E-state index in [-0.39, 0.29) is 29.2 Å². The van der Waals surface area contributed by atoms with E-state index in [9.17, 15) is 15.2 Å². The van der Waals surface area contributed by atoms with Crippen LogP contribution in [0.25, 0.3) is 0 Å². The summed E-state index contributed by atoms with van der Waals surface area (Å²) < 4.78 is 1.14. The van der Waals surface area contributed by atoms with E-state index in [0.717, 1.165) is 11.0 Å². The molecular weight excluding hydrogens is 363 g/mol. The predicted molar refractivity (Wildman–Crippen MR) is 97.4 cm³/mol. The van der Waals surface area contributed by atoms with E-state index < -0.39 is 5.56 Å². The minimum absolute atomic E-state index is 0.00171. The first kappa shape index (κ1) is 19.0. The normalized spacial score (nSPS) is 11.0. The third kappa shape index (κ3) is 4.01. The van der Waals surface area contributed by atoms with Gasteiger partial charge in [0, 0.05) is 17.1 Å². The second-order valence-electron chi connectivity index (χ2n) is 5.39. The fraction of sp³-hybridized carbons (Fsp3) is 0.294. The second-order valence-corrected chi connectivity index (χ2v) is 6.23. The summed E-state index contributed by atoms with van der Waals surface area (Å²) in [5.74, 6) is -0.349. The van der Waals surface area contributed by atoms with Crippen LogP contribution in [0.4, 0.5) is 11.4 Å². The van der Waals surface area contributed by atoms with Crippen molar-refractivity contribution in [1.82, 2.24) is 4.57 Å². The number of azo groups is 1. The third-order valence-electron chi connectivity index (χ3n) is 3.67. The van der Waals surface area contributed by atoms with Gasteiger partial charge in [-0.2, -0.15) is 5.26 Å². The fourth-order valence-corrected chi connectivity index (χ4v) is 2.57. The Balaban J connectivity index is 2.61. The Labute approximate surface area is 155 Å². The smallest absolute Gasteiger partial charge is 0.281 e. The molecule has 0 aliphatic heterocycles. The highest BCUT2D eigenvalue weighted by Crippen LogP contribution is 2.31. The fourth-order valence-electron chi connectivity index (χ4n) is 2.25. The molecule has 6 nitrogen and oxygen atoms in total. The van der Waals surface area contributed by atoms with Crippen LogP contribution in [-0.2, 0) is 6.54 Å². The summed E-state index contributed by atoms with van der Waals surface area (Å²) in [7, 11) is 0. The van der Waals surface area contributed by atoms with Gasteiger partial charge in [-0.25, -0.2) is 0 Å². The molecule has 25 heavy (non-hydrogen) atoms. The van der Waals surface area contributed by atoms with Gasteiger partial charge in [-0.1, -0.05) is 36.5 Å². The monoisotopic (exact) mass is 378 g/mol. The van der Waals surface area contributed by atoms with Gasteiger partial charge in [0.15, 0.2) is 5.69 Å². The molecule has 0 saturated heterocycles. The van der Waals surface area contributed by atoms with E-state index >= 15 is 0 Å².